The minimum atomic E-state index is -0.421. The van der Waals surface area contributed by atoms with Gasteiger partial charge in [0.1, 0.15) is 10.6 Å². The maximum Gasteiger partial charge on any atom is 0.350 e. The molecule has 0 radical (unpaired) electrons. The van der Waals surface area contributed by atoms with Crippen molar-refractivity contribution in [3.05, 3.63) is 39.3 Å². The van der Waals surface area contributed by atoms with Crippen LogP contribution in [-0.2, 0) is 4.74 Å². The summed E-state index contributed by atoms with van der Waals surface area (Å²) in [5.74, 6) is 0.0560. The Hall–Kier alpha value is -2.15. The number of rotatable bonds is 4. The second-order valence-electron chi connectivity index (χ2n) is 3.91. The molecule has 7 heteroatoms. The molecule has 0 N–H and O–H groups in total. The molecule has 0 spiro atoms. The summed E-state index contributed by atoms with van der Waals surface area (Å²) >= 11 is 1.12. The third-order valence-electron chi connectivity index (χ3n) is 2.58. The van der Waals surface area contributed by atoms with Gasteiger partial charge in [0.05, 0.1) is 19.4 Å². The van der Waals surface area contributed by atoms with Crippen LogP contribution in [0.25, 0.3) is 5.13 Å². The van der Waals surface area contributed by atoms with Crippen molar-refractivity contribution in [2.45, 2.75) is 13.8 Å². The van der Waals surface area contributed by atoms with Crippen molar-refractivity contribution >= 4 is 17.3 Å². The highest BCUT2D eigenvalue weighted by atomic mass is 32.1. The zero-order valence-electron chi connectivity index (χ0n) is 11.4. The van der Waals surface area contributed by atoms with E-state index >= 15 is 0 Å². The highest BCUT2D eigenvalue weighted by Gasteiger charge is 2.17. The molecule has 0 atom stereocenters. The smallest absolute Gasteiger partial charge is 0.350 e. The third-order valence-corrected chi connectivity index (χ3v) is 3.72. The van der Waals surface area contributed by atoms with Crippen LogP contribution < -0.4 is 10.3 Å². The van der Waals surface area contributed by atoms with E-state index in [2.05, 4.69) is 4.98 Å². The van der Waals surface area contributed by atoms with Crippen LogP contribution in [0.1, 0.15) is 22.3 Å². The van der Waals surface area contributed by atoms with Gasteiger partial charge in [-0.3, -0.25) is 9.36 Å². The van der Waals surface area contributed by atoms with Gasteiger partial charge in [-0.25, -0.2) is 9.78 Å². The van der Waals surface area contributed by atoms with Crippen molar-refractivity contribution in [1.82, 2.24) is 9.55 Å². The number of hydrogen-bond acceptors (Lipinski definition) is 6. The zero-order valence-corrected chi connectivity index (χ0v) is 12.2. The molecule has 0 saturated heterocycles. The number of thiazole rings is 1. The van der Waals surface area contributed by atoms with E-state index in [0.29, 0.717) is 28.1 Å². The van der Waals surface area contributed by atoms with Gasteiger partial charge in [0.2, 0.25) is 0 Å². The average Bonchev–Trinajstić information content (AvgIpc) is 2.80. The van der Waals surface area contributed by atoms with Crippen LogP contribution >= 0.6 is 11.3 Å². The largest absolute Gasteiger partial charge is 0.497 e. The zero-order chi connectivity index (χ0) is 14.7. The number of aromatic nitrogens is 2. The molecule has 0 aliphatic rings. The Morgan fingerprint density at radius 1 is 1.50 bits per heavy atom. The number of methoxy groups -OCH3 is 1. The molecule has 0 bridgehead atoms. The number of carbonyl (C=O) groups is 1. The Labute approximate surface area is 119 Å². The van der Waals surface area contributed by atoms with Crippen LogP contribution in [0.4, 0.5) is 0 Å². The molecule has 0 aliphatic carbocycles. The number of ether oxygens (including phenoxy) is 2. The lowest BCUT2D eigenvalue weighted by Gasteiger charge is -2.02. The first-order chi connectivity index (χ1) is 9.56. The van der Waals surface area contributed by atoms with Gasteiger partial charge in [0.25, 0.3) is 5.56 Å². The van der Waals surface area contributed by atoms with Crippen molar-refractivity contribution in [1.29, 1.82) is 0 Å². The first-order valence-electron chi connectivity index (χ1n) is 5.98. The lowest BCUT2D eigenvalue weighted by molar-refractivity contribution is 0.0531. The standard InChI is InChI=1S/C13H14N2O4S/c1-4-19-12(17)11-8(2)14-13(20-11)15-6-5-9(18-3)7-10(15)16/h5-7H,4H2,1-3H3. The summed E-state index contributed by atoms with van der Waals surface area (Å²) in [5, 5.41) is 0.429. The number of pyridine rings is 1. The molecule has 0 aliphatic heterocycles. The van der Waals surface area contributed by atoms with Crippen molar-refractivity contribution in [2.24, 2.45) is 0 Å². The molecule has 2 aromatic rings. The SMILES string of the molecule is CCOC(=O)c1sc(-n2ccc(OC)cc2=O)nc1C. The predicted molar refractivity (Wildman–Crippen MR) is 75.0 cm³/mol. The summed E-state index contributed by atoms with van der Waals surface area (Å²) in [4.78, 5) is 28.3. The quantitative estimate of drug-likeness (QED) is 0.804. The van der Waals surface area contributed by atoms with Crippen molar-refractivity contribution in [3.63, 3.8) is 0 Å². The lowest BCUT2D eigenvalue weighted by Crippen LogP contribution is -2.16. The topological polar surface area (TPSA) is 70.4 Å². The van der Waals surface area contributed by atoms with Crippen molar-refractivity contribution in [2.75, 3.05) is 13.7 Å². The molecular weight excluding hydrogens is 280 g/mol. The molecule has 0 saturated carbocycles. The van der Waals surface area contributed by atoms with E-state index in [1.165, 1.54) is 17.7 Å². The summed E-state index contributed by atoms with van der Waals surface area (Å²) in [6.45, 7) is 3.75. The van der Waals surface area contributed by atoms with Gasteiger partial charge in [0.15, 0.2) is 5.13 Å². The lowest BCUT2D eigenvalue weighted by atomic mass is 10.4. The maximum atomic E-state index is 11.9. The number of carbonyl (C=O) groups excluding carboxylic acids is 1. The van der Waals surface area contributed by atoms with Crippen LogP contribution in [-0.4, -0.2) is 29.2 Å². The van der Waals surface area contributed by atoms with Crippen LogP contribution in [0.3, 0.4) is 0 Å². The highest BCUT2D eigenvalue weighted by molar-refractivity contribution is 7.16. The Balaban J connectivity index is 2.42. The summed E-state index contributed by atoms with van der Waals surface area (Å²) < 4.78 is 11.3. The van der Waals surface area contributed by atoms with Gasteiger partial charge in [-0.2, -0.15) is 0 Å². The van der Waals surface area contributed by atoms with Gasteiger partial charge in [-0.1, -0.05) is 11.3 Å². The molecule has 2 aromatic heterocycles. The molecule has 106 valence electrons. The van der Waals surface area contributed by atoms with Crippen LogP contribution in [0.5, 0.6) is 5.75 Å². The van der Waals surface area contributed by atoms with Crippen molar-refractivity contribution in [3.8, 4) is 10.9 Å². The van der Waals surface area contributed by atoms with Crippen molar-refractivity contribution < 1.29 is 14.3 Å². The summed E-state index contributed by atoms with van der Waals surface area (Å²) in [6.07, 6.45) is 1.56. The van der Waals surface area contributed by atoms with Gasteiger partial charge in [0, 0.05) is 12.3 Å². The van der Waals surface area contributed by atoms with Crippen LogP contribution in [0.15, 0.2) is 23.1 Å². The molecule has 0 amide bonds. The third kappa shape index (κ3) is 2.72. The number of hydrogen-bond donors (Lipinski definition) is 0. The highest BCUT2D eigenvalue weighted by Crippen LogP contribution is 2.22. The molecule has 0 aromatic carbocycles. The Morgan fingerprint density at radius 3 is 2.85 bits per heavy atom. The maximum absolute atomic E-state index is 11.9. The molecule has 0 unspecified atom stereocenters. The molecule has 2 heterocycles. The Morgan fingerprint density at radius 2 is 2.25 bits per heavy atom. The van der Waals surface area contributed by atoms with Gasteiger partial charge in [-0.05, 0) is 19.9 Å². The fraction of sp³-hybridized carbons (Fsp3) is 0.308. The van der Waals surface area contributed by atoms with E-state index in [9.17, 15) is 9.59 Å². The van der Waals surface area contributed by atoms with Crippen LogP contribution in [0.2, 0.25) is 0 Å². The predicted octanol–water partition coefficient (Wildman–Crippen LogP) is 1.79. The molecular formula is C13H14N2O4S. The minimum Gasteiger partial charge on any atom is -0.497 e. The summed E-state index contributed by atoms with van der Waals surface area (Å²) in [6, 6.07) is 3.02. The van der Waals surface area contributed by atoms with E-state index in [1.54, 1.807) is 26.1 Å². The molecule has 6 nitrogen and oxygen atoms in total. The second kappa shape index (κ2) is 5.87. The van der Waals surface area contributed by atoms with E-state index < -0.39 is 5.97 Å². The van der Waals surface area contributed by atoms with Gasteiger partial charge >= 0.3 is 5.97 Å². The minimum absolute atomic E-state index is 0.270. The fourth-order valence-corrected chi connectivity index (χ4v) is 2.57. The first-order valence-corrected chi connectivity index (χ1v) is 6.80. The first kappa shape index (κ1) is 14.3. The normalized spacial score (nSPS) is 10.3. The van der Waals surface area contributed by atoms with Gasteiger partial charge < -0.3 is 9.47 Å². The van der Waals surface area contributed by atoms with E-state index in [4.69, 9.17) is 9.47 Å². The Bertz CT molecular complexity index is 690. The number of aryl methyl sites for hydroxylation is 1. The fourth-order valence-electron chi connectivity index (χ4n) is 1.62. The Kier molecular flexibility index (Phi) is 4.19. The number of esters is 1. The van der Waals surface area contributed by atoms with E-state index in [1.807, 2.05) is 0 Å². The summed E-state index contributed by atoms with van der Waals surface area (Å²) in [7, 11) is 1.49. The monoisotopic (exact) mass is 294 g/mol. The second-order valence-corrected chi connectivity index (χ2v) is 4.88. The molecule has 2 rings (SSSR count). The number of nitrogens with zero attached hydrogens (tertiary/aromatic N) is 2. The molecule has 20 heavy (non-hydrogen) atoms. The van der Waals surface area contributed by atoms with Gasteiger partial charge in [-0.15, -0.1) is 0 Å². The van der Waals surface area contributed by atoms with E-state index in [-0.39, 0.29) is 5.56 Å². The molecule has 0 fully saturated rings. The van der Waals surface area contributed by atoms with E-state index in [0.717, 1.165) is 11.3 Å². The van der Waals surface area contributed by atoms with Crippen LogP contribution in [0, 0.1) is 6.92 Å². The average molecular weight is 294 g/mol. The summed E-state index contributed by atoms with van der Waals surface area (Å²) in [5.41, 5.74) is 0.277.